The molecule has 0 unspecified atom stereocenters. The van der Waals surface area contributed by atoms with Gasteiger partial charge in [-0.3, -0.25) is 0 Å². The molecule has 0 saturated carbocycles. The van der Waals surface area contributed by atoms with Crippen LogP contribution in [0.15, 0.2) is 163 Å². The summed E-state index contributed by atoms with van der Waals surface area (Å²) in [6.07, 6.45) is 8.77. The summed E-state index contributed by atoms with van der Waals surface area (Å²) in [7, 11) is 0. The summed E-state index contributed by atoms with van der Waals surface area (Å²) in [6, 6.07) is 51.6. The SMILES string of the molecule is Cc1ccc(N2c3ccc(C)cc3B3c4ccc(N(C5=CC=CCC5)c5ccccc5)cc4N(c4ccccc4)c4cccc2c43)cc1. The lowest BCUT2D eigenvalue weighted by atomic mass is 9.33. The van der Waals surface area contributed by atoms with E-state index in [2.05, 4.69) is 186 Å². The van der Waals surface area contributed by atoms with E-state index in [1.807, 2.05) is 0 Å². The third-order valence-corrected chi connectivity index (χ3v) is 9.99. The van der Waals surface area contributed by atoms with Crippen LogP contribution in [-0.2, 0) is 0 Å². The summed E-state index contributed by atoms with van der Waals surface area (Å²) in [5.41, 5.74) is 17.5. The van der Waals surface area contributed by atoms with Crippen molar-refractivity contribution in [3.05, 3.63) is 175 Å². The molecule has 0 bridgehead atoms. The van der Waals surface area contributed by atoms with Gasteiger partial charge >= 0.3 is 0 Å². The Kier molecular flexibility index (Phi) is 6.83. The van der Waals surface area contributed by atoms with Gasteiger partial charge in [0.25, 0.3) is 6.71 Å². The van der Waals surface area contributed by atoms with Crippen LogP contribution in [0, 0.1) is 13.8 Å². The van der Waals surface area contributed by atoms with Gasteiger partial charge in [-0.1, -0.05) is 96.1 Å². The van der Waals surface area contributed by atoms with Crippen molar-refractivity contribution in [2.75, 3.05) is 14.7 Å². The minimum absolute atomic E-state index is 0.0961. The Balaban J connectivity index is 1.31. The molecule has 6 aromatic rings. The molecule has 0 atom stereocenters. The molecule has 0 saturated heterocycles. The lowest BCUT2D eigenvalue weighted by Gasteiger charge is -2.44. The van der Waals surface area contributed by atoms with Gasteiger partial charge in [-0.05, 0) is 116 Å². The van der Waals surface area contributed by atoms with Crippen molar-refractivity contribution in [3.63, 3.8) is 0 Å². The van der Waals surface area contributed by atoms with Crippen LogP contribution in [0.25, 0.3) is 0 Å². The van der Waals surface area contributed by atoms with Crippen LogP contribution < -0.4 is 31.1 Å². The van der Waals surface area contributed by atoms with E-state index in [1.54, 1.807) is 0 Å². The van der Waals surface area contributed by atoms with Gasteiger partial charge in [-0.15, -0.1) is 0 Å². The fourth-order valence-corrected chi connectivity index (χ4v) is 7.84. The third-order valence-electron chi connectivity index (χ3n) is 9.99. The van der Waals surface area contributed by atoms with Crippen LogP contribution in [-0.4, -0.2) is 6.71 Å². The molecular formula is C44H36BN3. The normalized spacial score (nSPS) is 14.2. The number of hydrogen-bond donors (Lipinski definition) is 0. The lowest BCUT2D eigenvalue weighted by Crippen LogP contribution is -2.61. The second kappa shape index (κ2) is 11.5. The molecule has 48 heavy (non-hydrogen) atoms. The van der Waals surface area contributed by atoms with Crippen LogP contribution >= 0.6 is 0 Å². The fraction of sp³-hybridized carbons (Fsp3) is 0.0909. The maximum absolute atomic E-state index is 2.49. The van der Waals surface area contributed by atoms with Gasteiger partial charge in [-0.2, -0.15) is 0 Å². The Morgan fingerprint density at radius 2 is 1.23 bits per heavy atom. The number of benzene rings is 6. The third kappa shape index (κ3) is 4.59. The molecule has 0 N–H and O–H groups in total. The van der Waals surface area contributed by atoms with Crippen molar-refractivity contribution in [1.82, 2.24) is 0 Å². The van der Waals surface area contributed by atoms with Crippen LogP contribution in [0.1, 0.15) is 24.0 Å². The molecule has 6 aromatic carbocycles. The summed E-state index contributed by atoms with van der Waals surface area (Å²) < 4.78 is 0. The van der Waals surface area contributed by atoms with E-state index in [0.29, 0.717) is 0 Å². The smallest absolute Gasteiger partial charge is 0.252 e. The molecule has 4 heteroatoms. The average molecular weight is 618 g/mol. The van der Waals surface area contributed by atoms with Gasteiger partial charge in [0.05, 0.1) is 0 Å². The molecule has 0 aromatic heterocycles. The first kappa shape index (κ1) is 28.5. The summed E-state index contributed by atoms with van der Waals surface area (Å²) in [5.74, 6) is 0. The highest BCUT2D eigenvalue weighted by Crippen LogP contribution is 2.45. The van der Waals surface area contributed by atoms with Crippen molar-refractivity contribution >= 4 is 68.6 Å². The minimum atomic E-state index is 0.0961. The average Bonchev–Trinajstić information content (AvgIpc) is 3.13. The van der Waals surface area contributed by atoms with Crippen molar-refractivity contribution in [2.24, 2.45) is 0 Å². The second-order valence-corrected chi connectivity index (χ2v) is 13.1. The van der Waals surface area contributed by atoms with E-state index in [4.69, 9.17) is 0 Å². The highest BCUT2D eigenvalue weighted by molar-refractivity contribution is 7.00. The van der Waals surface area contributed by atoms with Crippen LogP contribution in [0.5, 0.6) is 0 Å². The Bertz CT molecular complexity index is 2220. The molecule has 1 aliphatic carbocycles. The molecule has 3 aliphatic rings. The molecule has 0 fully saturated rings. The number of aryl methyl sites for hydroxylation is 2. The summed E-state index contributed by atoms with van der Waals surface area (Å²) in [5, 5.41) is 0. The van der Waals surface area contributed by atoms with Crippen LogP contribution in [0.4, 0.5) is 45.5 Å². The second-order valence-electron chi connectivity index (χ2n) is 13.1. The minimum Gasteiger partial charge on any atom is -0.314 e. The number of fused-ring (bicyclic) bond motifs is 4. The van der Waals surface area contributed by atoms with Gasteiger partial charge in [0.2, 0.25) is 0 Å². The highest BCUT2D eigenvalue weighted by atomic mass is 15.2. The lowest BCUT2D eigenvalue weighted by molar-refractivity contribution is 0.917. The van der Waals surface area contributed by atoms with Crippen molar-refractivity contribution in [2.45, 2.75) is 26.7 Å². The van der Waals surface area contributed by atoms with Crippen LogP contribution in [0.3, 0.4) is 0 Å². The van der Waals surface area contributed by atoms with Gasteiger partial charge in [0.15, 0.2) is 0 Å². The van der Waals surface area contributed by atoms with Crippen LogP contribution in [0.2, 0.25) is 0 Å². The van der Waals surface area contributed by atoms with Gasteiger partial charge in [-0.25, -0.2) is 0 Å². The highest BCUT2D eigenvalue weighted by Gasteiger charge is 2.43. The Hall–Kier alpha value is -5.74. The summed E-state index contributed by atoms with van der Waals surface area (Å²) in [4.78, 5) is 7.39. The Labute approximate surface area is 283 Å². The number of anilines is 8. The van der Waals surface area contributed by atoms with Gasteiger partial charge < -0.3 is 14.7 Å². The monoisotopic (exact) mass is 617 g/mol. The molecule has 2 aliphatic heterocycles. The van der Waals surface area contributed by atoms with Gasteiger partial charge in [0.1, 0.15) is 0 Å². The molecule has 2 heterocycles. The maximum atomic E-state index is 2.49. The van der Waals surface area contributed by atoms with Crippen molar-refractivity contribution in [3.8, 4) is 0 Å². The van der Waals surface area contributed by atoms with Gasteiger partial charge in [0, 0.05) is 51.2 Å². The quantitative estimate of drug-likeness (QED) is 0.178. The van der Waals surface area contributed by atoms with E-state index in [-0.39, 0.29) is 6.71 Å². The largest absolute Gasteiger partial charge is 0.314 e. The van der Waals surface area contributed by atoms with E-state index >= 15 is 0 Å². The number of rotatable bonds is 5. The molecule has 3 nitrogen and oxygen atoms in total. The maximum Gasteiger partial charge on any atom is 0.252 e. The predicted octanol–water partition coefficient (Wildman–Crippen LogP) is 9.76. The molecule has 0 radical (unpaired) electrons. The molecule has 230 valence electrons. The number of nitrogens with zero attached hydrogens (tertiary/aromatic N) is 3. The molecule has 0 amide bonds. The molecular weight excluding hydrogens is 581 g/mol. The van der Waals surface area contributed by atoms with Crippen molar-refractivity contribution < 1.29 is 0 Å². The number of allylic oxidation sites excluding steroid dienone is 4. The first-order chi connectivity index (χ1) is 23.7. The Morgan fingerprint density at radius 3 is 1.96 bits per heavy atom. The standard InChI is InChI=1S/C44H36BN3/c1-31-21-24-36(25-22-31)47-40-28-23-32(2)29-39(40)45-38-27-26-37(46(33-13-6-3-7-14-33)34-15-8-4-9-16-34)30-43(38)48(35-17-10-5-11-18-35)42-20-12-19-41(47)44(42)45/h3-8,10-15,17-30H,9,16H2,1-2H3. The zero-order valence-corrected chi connectivity index (χ0v) is 27.3. The zero-order valence-electron chi connectivity index (χ0n) is 27.3. The summed E-state index contributed by atoms with van der Waals surface area (Å²) >= 11 is 0. The number of hydrogen-bond acceptors (Lipinski definition) is 3. The van der Waals surface area contributed by atoms with E-state index in [1.165, 1.54) is 73.0 Å². The van der Waals surface area contributed by atoms with Crippen molar-refractivity contribution in [1.29, 1.82) is 0 Å². The molecule has 0 spiro atoms. The first-order valence-corrected chi connectivity index (χ1v) is 17.0. The number of para-hydroxylation sites is 2. The van der Waals surface area contributed by atoms with E-state index < -0.39 is 0 Å². The zero-order chi connectivity index (χ0) is 32.2. The fourth-order valence-electron chi connectivity index (χ4n) is 7.84. The topological polar surface area (TPSA) is 9.72 Å². The first-order valence-electron chi connectivity index (χ1n) is 17.0. The summed E-state index contributed by atoms with van der Waals surface area (Å²) in [6.45, 7) is 4.46. The Morgan fingerprint density at radius 1 is 0.542 bits per heavy atom. The van der Waals surface area contributed by atoms with E-state index in [0.717, 1.165) is 18.5 Å². The van der Waals surface area contributed by atoms with E-state index in [9.17, 15) is 0 Å². The molecule has 9 rings (SSSR count). The predicted molar refractivity (Wildman–Crippen MR) is 205 cm³/mol.